The summed E-state index contributed by atoms with van der Waals surface area (Å²) >= 11 is 0. The van der Waals surface area contributed by atoms with E-state index in [9.17, 15) is 5.26 Å². The third-order valence-corrected chi connectivity index (χ3v) is 6.39. The second-order valence-corrected chi connectivity index (χ2v) is 8.70. The van der Waals surface area contributed by atoms with Crippen LogP contribution in [0.4, 0.5) is 5.82 Å². The summed E-state index contributed by atoms with van der Waals surface area (Å²) in [6.07, 6.45) is 0. The second kappa shape index (κ2) is 8.41. The number of oxazole rings is 1. The first-order valence-corrected chi connectivity index (χ1v) is 11.3. The number of aromatic nitrogens is 2. The monoisotopic (exact) mass is 466 g/mol. The molecule has 0 spiro atoms. The van der Waals surface area contributed by atoms with Crippen LogP contribution in [-0.4, -0.2) is 16.7 Å². The number of hydrogen-bond acceptors (Lipinski definition) is 6. The van der Waals surface area contributed by atoms with E-state index in [4.69, 9.17) is 19.6 Å². The standard InChI is InChI=1S/C28H26N4O3/c1-15-6-11-23(34-14-19-7-9-20(33-5)10-8-19)17(3)25(15)32-26-21(22(13-29)28(32)30)12-16(2)27-24(26)31-18(4)35-27/h6-12H,14,30H2,1-5H3. The van der Waals surface area contributed by atoms with Gasteiger partial charge in [-0.2, -0.15) is 5.26 Å². The summed E-state index contributed by atoms with van der Waals surface area (Å²) in [4.78, 5) is 4.65. The number of methoxy groups -OCH3 is 1. The molecule has 2 aromatic heterocycles. The molecule has 0 atom stereocenters. The normalized spacial score (nSPS) is 11.2. The molecule has 2 heterocycles. The fourth-order valence-electron chi connectivity index (χ4n) is 4.67. The molecule has 0 aliphatic carbocycles. The van der Waals surface area contributed by atoms with Crippen molar-refractivity contribution in [1.29, 1.82) is 5.26 Å². The summed E-state index contributed by atoms with van der Waals surface area (Å²) in [6, 6.07) is 16.0. The average molecular weight is 467 g/mol. The number of nitriles is 1. The van der Waals surface area contributed by atoms with Crippen LogP contribution in [0.5, 0.6) is 11.5 Å². The number of hydrogen-bond donors (Lipinski definition) is 1. The van der Waals surface area contributed by atoms with E-state index in [2.05, 4.69) is 11.1 Å². The van der Waals surface area contributed by atoms with E-state index < -0.39 is 0 Å². The maximum atomic E-state index is 9.96. The number of benzene rings is 3. The van der Waals surface area contributed by atoms with E-state index in [0.717, 1.165) is 50.3 Å². The van der Waals surface area contributed by atoms with Crippen molar-refractivity contribution in [3.05, 3.63) is 76.2 Å². The minimum absolute atomic E-state index is 0.369. The Bertz CT molecular complexity index is 1640. The van der Waals surface area contributed by atoms with Gasteiger partial charge >= 0.3 is 0 Å². The van der Waals surface area contributed by atoms with Crippen molar-refractivity contribution < 1.29 is 13.9 Å². The van der Waals surface area contributed by atoms with Crippen LogP contribution in [0, 0.1) is 39.0 Å². The van der Waals surface area contributed by atoms with Crippen LogP contribution in [0.1, 0.15) is 33.7 Å². The molecule has 0 bridgehead atoms. The highest BCUT2D eigenvalue weighted by atomic mass is 16.5. The zero-order valence-electron chi connectivity index (χ0n) is 20.4. The lowest BCUT2D eigenvalue weighted by Gasteiger charge is -2.18. The van der Waals surface area contributed by atoms with Crippen LogP contribution >= 0.6 is 0 Å². The van der Waals surface area contributed by atoms with Gasteiger partial charge in [0, 0.05) is 17.9 Å². The van der Waals surface area contributed by atoms with Crippen LogP contribution in [0.15, 0.2) is 46.9 Å². The van der Waals surface area contributed by atoms with Gasteiger partial charge in [-0.15, -0.1) is 0 Å². The van der Waals surface area contributed by atoms with E-state index in [-0.39, 0.29) is 0 Å². The molecule has 0 saturated carbocycles. The number of ether oxygens (including phenoxy) is 2. The first kappa shape index (κ1) is 22.4. The molecule has 0 unspecified atom stereocenters. The Kier molecular flexibility index (Phi) is 5.37. The lowest BCUT2D eigenvalue weighted by Crippen LogP contribution is -2.07. The lowest BCUT2D eigenvalue weighted by molar-refractivity contribution is 0.303. The van der Waals surface area contributed by atoms with Gasteiger partial charge in [-0.3, -0.25) is 4.57 Å². The van der Waals surface area contributed by atoms with Crippen LogP contribution < -0.4 is 15.2 Å². The van der Waals surface area contributed by atoms with Gasteiger partial charge in [0.1, 0.15) is 41.1 Å². The number of nitrogen functional groups attached to an aromatic ring is 1. The molecular weight excluding hydrogens is 440 g/mol. The molecule has 7 heteroatoms. The largest absolute Gasteiger partial charge is 0.497 e. The SMILES string of the molecule is COc1ccc(COc2ccc(C)c(-n3c(N)c(C#N)c4cc(C)c5oc(C)nc5c43)c2C)cc1. The van der Waals surface area contributed by atoms with Crippen molar-refractivity contribution in [2.75, 3.05) is 12.8 Å². The summed E-state index contributed by atoms with van der Waals surface area (Å²) in [5, 5.41) is 10.7. The molecule has 0 aliphatic heterocycles. The summed E-state index contributed by atoms with van der Waals surface area (Å²) < 4.78 is 19.3. The summed E-state index contributed by atoms with van der Waals surface area (Å²) in [5.41, 5.74) is 13.9. The zero-order valence-corrected chi connectivity index (χ0v) is 20.4. The number of nitrogens with zero attached hydrogens (tertiary/aromatic N) is 3. The minimum atomic E-state index is 0.369. The summed E-state index contributed by atoms with van der Waals surface area (Å²) in [5.74, 6) is 2.47. The first-order chi connectivity index (χ1) is 16.8. The number of anilines is 1. The Balaban J connectivity index is 1.69. The molecule has 5 aromatic rings. The van der Waals surface area contributed by atoms with Gasteiger partial charge < -0.3 is 19.6 Å². The van der Waals surface area contributed by atoms with Gasteiger partial charge in [-0.1, -0.05) is 18.2 Å². The summed E-state index contributed by atoms with van der Waals surface area (Å²) in [6.45, 7) is 8.20. The molecule has 3 aromatic carbocycles. The Morgan fingerprint density at radius 3 is 2.49 bits per heavy atom. The molecule has 0 aliphatic rings. The van der Waals surface area contributed by atoms with E-state index in [1.165, 1.54) is 0 Å². The average Bonchev–Trinajstić information content (AvgIpc) is 3.36. The van der Waals surface area contributed by atoms with Gasteiger partial charge in [0.2, 0.25) is 0 Å². The Labute approximate surface area is 203 Å². The Hall–Kier alpha value is -4.44. The van der Waals surface area contributed by atoms with Gasteiger partial charge in [0.05, 0.1) is 18.3 Å². The number of nitrogens with two attached hydrogens (primary N) is 1. The number of rotatable bonds is 5. The highest BCUT2D eigenvalue weighted by molar-refractivity contribution is 6.09. The quantitative estimate of drug-likeness (QED) is 0.339. The van der Waals surface area contributed by atoms with Gasteiger partial charge in [0.25, 0.3) is 0 Å². The topological polar surface area (TPSA) is 99.2 Å². The van der Waals surface area contributed by atoms with E-state index in [0.29, 0.717) is 35.0 Å². The fraction of sp³-hybridized carbons (Fsp3) is 0.214. The predicted octanol–water partition coefficient (Wildman–Crippen LogP) is 6.05. The molecular formula is C28H26N4O3. The van der Waals surface area contributed by atoms with E-state index in [1.54, 1.807) is 7.11 Å². The minimum Gasteiger partial charge on any atom is -0.497 e. The summed E-state index contributed by atoms with van der Waals surface area (Å²) in [7, 11) is 1.65. The zero-order chi connectivity index (χ0) is 24.9. The van der Waals surface area contributed by atoms with Crippen molar-refractivity contribution >= 4 is 27.8 Å². The Morgan fingerprint density at radius 2 is 1.80 bits per heavy atom. The van der Waals surface area contributed by atoms with Crippen molar-refractivity contribution in [2.45, 2.75) is 34.3 Å². The lowest BCUT2D eigenvalue weighted by atomic mass is 10.1. The highest BCUT2D eigenvalue weighted by Gasteiger charge is 2.24. The van der Waals surface area contributed by atoms with Crippen LogP contribution in [0.2, 0.25) is 0 Å². The molecule has 2 N–H and O–H groups in total. The van der Waals surface area contributed by atoms with E-state index >= 15 is 0 Å². The van der Waals surface area contributed by atoms with Crippen molar-refractivity contribution in [3.8, 4) is 23.3 Å². The van der Waals surface area contributed by atoms with E-state index in [1.807, 2.05) is 74.7 Å². The third-order valence-electron chi connectivity index (χ3n) is 6.39. The highest BCUT2D eigenvalue weighted by Crippen LogP contribution is 2.40. The number of aryl methyl sites for hydroxylation is 3. The third kappa shape index (κ3) is 3.55. The molecule has 0 fully saturated rings. The second-order valence-electron chi connectivity index (χ2n) is 8.70. The van der Waals surface area contributed by atoms with Crippen molar-refractivity contribution in [2.24, 2.45) is 0 Å². The Morgan fingerprint density at radius 1 is 1.06 bits per heavy atom. The first-order valence-electron chi connectivity index (χ1n) is 11.3. The van der Waals surface area contributed by atoms with Crippen molar-refractivity contribution in [3.63, 3.8) is 0 Å². The van der Waals surface area contributed by atoms with Crippen LogP contribution in [-0.2, 0) is 6.61 Å². The van der Waals surface area contributed by atoms with Crippen LogP contribution in [0.3, 0.4) is 0 Å². The molecule has 0 radical (unpaired) electrons. The van der Waals surface area contributed by atoms with Gasteiger partial charge in [0.15, 0.2) is 11.5 Å². The molecule has 0 amide bonds. The molecule has 0 saturated heterocycles. The van der Waals surface area contributed by atoms with Gasteiger partial charge in [-0.05, 0) is 61.7 Å². The molecule has 7 nitrogen and oxygen atoms in total. The maximum Gasteiger partial charge on any atom is 0.192 e. The maximum absolute atomic E-state index is 9.96. The fourth-order valence-corrected chi connectivity index (χ4v) is 4.67. The number of fused-ring (bicyclic) bond motifs is 3. The molecule has 176 valence electrons. The molecule has 35 heavy (non-hydrogen) atoms. The van der Waals surface area contributed by atoms with Gasteiger partial charge in [-0.25, -0.2) is 4.98 Å². The predicted molar refractivity (Wildman–Crippen MR) is 136 cm³/mol. The molecule has 5 rings (SSSR count). The van der Waals surface area contributed by atoms with Crippen LogP contribution in [0.25, 0.3) is 27.7 Å². The van der Waals surface area contributed by atoms with Crippen molar-refractivity contribution in [1.82, 2.24) is 9.55 Å². The smallest absolute Gasteiger partial charge is 0.192 e.